The van der Waals surface area contributed by atoms with Gasteiger partial charge in [-0.3, -0.25) is 0 Å². The third-order valence-electron chi connectivity index (χ3n) is 2.75. The lowest BCUT2D eigenvalue weighted by atomic mass is 10.2. The fourth-order valence-electron chi connectivity index (χ4n) is 1.31. The van der Waals surface area contributed by atoms with Crippen LogP contribution in [0.15, 0.2) is 16.7 Å². The van der Waals surface area contributed by atoms with Crippen molar-refractivity contribution in [3.63, 3.8) is 0 Å². The van der Waals surface area contributed by atoms with E-state index in [1.807, 2.05) is 13.8 Å². The van der Waals surface area contributed by atoms with Gasteiger partial charge in [-0.15, -0.1) is 0 Å². The summed E-state index contributed by atoms with van der Waals surface area (Å²) in [5, 5.41) is 8.20. The van der Waals surface area contributed by atoms with E-state index < -0.39 is 21.1 Å². The predicted octanol–water partition coefficient (Wildman–Crippen LogP) is 1.94. The molecule has 6 heteroatoms. The van der Waals surface area contributed by atoms with Crippen LogP contribution in [0.25, 0.3) is 0 Å². The van der Waals surface area contributed by atoms with E-state index in [0.717, 1.165) is 6.26 Å². The molecule has 17 heavy (non-hydrogen) atoms. The van der Waals surface area contributed by atoms with E-state index in [1.165, 1.54) is 6.07 Å². The Morgan fingerprint density at radius 2 is 2.00 bits per heavy atom. The summed E-state index contributed by atoms with van der Waals surface area (Å²) in [5.41, 5.74) is -0.0348. The minimum atomic E-state index is -3.31. The number of carboxylic acid groups (broad SMARTS) is 1. The fraction of sp³-hybridized carbons (Fsp3) is 0.545. The number of carbonyl (C=O) groups is 1. The highest BCUT2D eigenvalue weighted by atomic mass is 32.2. The van der Waals surface area contributed by atoms with Gasteiger partial charge in [0.15, 0.2) is 9.84 Å². The van der Waals surface area contributed by atoms with Crippen LogP contribution in [0.1, 0.15) is 36.9 Å². The highest BCUT2D eigenvalue weighted by Crippen LogP contribution is 2.18. The van der Waals surface area contributed by atoms with Crippen molar-refractivity contribution < 1.29 is 22.7 Å². The van der Waals surface area contributed by atoms with Crippen LogP contribution in [0.5, 0.6) is 0 Å². The molecule has 0 saturated heterocycles. The maximum Gasteiger partial charge on any atom is 0.338 e. The Morgan fingerprint density at radius 1 is 1.41 bits per heavy atom. The Bertz CT molecular complexity index is 498. The van der Waals surface area contributed by atoms with Gasteiger partial charge in [-0.05, 0) is 18.9 Å². The molecule has 0 bridgehead atoms. The molecular formula is C11H16O5S. The van der Waals surface area contributed by atoms with Gasteiger partial charge in [-0.25, -0.2) is 13.2 Å². The Hall–Kier alpha value is -1.30. The molecule has 0 aliphatic carbocycles. The average molecular weight is 260 g/mol. The Morgan fingerprint density at radius 3 is 2.41 bits per heavy atom. The van der Waals surface area contributed by atoms with Crippen molar-refractivity contribution in [1.82, 2.24) is 0 Å². The number of carboxylic acids is 1. The van der Waals surface area contributed by atoms with Crippen LogP contribution >= 0.6 is 0 Å². The molecular weight excluding hydrogens is 244 g/mol. The van der Waals surface area contributed by atoms with Crippen LogP contribution < -0.4 is 0 Å². The van der Waals surface area contributed by atoms with Gasteiger partial charge in [0.2, 0.25) is 0 Å². The minimum absolute atomic E-state index is 0.00825. The molecule has 0 aliphatic rings. The summed E-state index contributed by atoms with van der Waals surface area (Å²) in [4.78, 5) is 10.6. The molecule has 0 aromatic carbocycles. The third kappa shape index (κ3) is 3.33. The number of hydrogen-bond acceptors (Lipinski definition) is 4. The van der Waals surface area contributed by atoms with Gasteiger partial charge in [0.1, 0.15) is 17.8 Å². The van der Waals surface area contributed by atoms with Gasteiger partial charge in [0.05, 0.1) is 10.8 Å². The number of hydrogen-bond donors (Lipinski definition) is 1. The van der Waals surface area contributed by atoms with Crippen LogP contribution in [0.4, 0.5) is 0 Å². The molecule has 96 valence electrons. The first-order valence-corrected chi connectivity index (χ1v) is 6.98. The zero-order valence-corrected chi connectivity index (χ0v) is 10.8. The van der Waals surface area contributed by atoms with E-state index in [0.29, 0.717) is 0 Å². The predicted molar refractivity (Wildman–Crippen MR) is 62.6 cm³/mol. The van der Waals surface area contributed by atoms with Crippen molar-refractivity contribution in [1.29, 1.82) is 0 Å². The quantitative estimate of drug-likeness (QED) is 0.874. The lowest BCUT2D eigenvalue weighted by Crippen LogP contribution is -2.24. The largest absolute Gasteiger partial charge is 0.478 e. The van der Waals surface area contributed by atoms with Crippen LogP contribution in [-0.2, 0) is 15.6 Å². The standard InChI is InChI=1S/C11H16O5S/c1-7(2)8(3)17(14,15)6-10-4-9(5-16-10)11(12)13/h4-5,7-8H,6H2,1-3H3,(H,12,13). The normalized spacial score (nSPS) is 13.9. The van der Waals surface area contributed by atoms with E-state index in [-0.39, 0.29) is 23.0 Å². The number of furan rings is 1. The molecule has 0 saturated carbocycles. The van der Waals surface area contributed by atoms with Crippen molar-refractivity contribution in [3.05, 3.63) is 23.7 Å². The van der Waals surface area contributed by atoms with Crippen LogP contribution in [0.3, 0.4) is 0 Å². The first-order valence-electron chi connectivity index (χ1n) is 5.26. The minimum Gasteiger partial charge on any atom is -0.478 e. The first-order chi connectivity index (χ1) is 7.74. The van der Waals surface area contributed by atoms with Gasteiger partial charge in [0.25, 0.3) is 0 Å². The molecule has 1 aromatic rings. The fourth-order valence-corrected chi connectivity index (χ4v) is 2.95. The Labute approximate surface area is 100 Å². The highest BCUT2D eigenvalue weighted by Gasteiger charge is 2.25. The second kappa shape index (κ2) is 4.91. The molecule has 1 rings (SSSR count). The van der Waals surface area contributed by atoms with E-state index in [1.54, 1.807) is 6.92 Å². The molecule has 0 fully saturated rings. The van der Waals surface area contributed by atoms with Crippen LogP contribution in [0, 0.1) is 5.92 Å². The number of aromatic carboxylic acids is 1. The van der Waals surface area contributed by atoms with Crippen molar-refractivity contribution >= 4 is 15.8 Å². The Balaban J connectivity index is 2.87. The van der Waals surface area contributed by atoms with Gasteiger partial charge < -0.3 is 9.52 Å². The lowest BCUT2D eigenvalue weighted by Gasteiger charge is -2.15. The average Bonchev–Trinajstić information content (AvgIpc) is 2.64. The van der Waals surface area contributed by atoms with Crippen LogP contribution in [-0.4, -0.2) is 24.7 Å². The molecule has 0 amide bonds. The van der Waals surface area contributed by atoms with E-state index >= 15 is 0 Å². The number of rotatable bonds is 5. The first kappa shape index (κ1) is 13.8. The SMILES string of the molecule is CC(C)C(C)S(=O)(=O)Cc1cc(C(=O)O)co1. The number of sulfone groups is 1. The highest BCUT2D eigenvalue weighted by molar-refractivity contribution is 7.91. The van der Waals surface area contributed by atoms with Crippen molar-refractivity contribution in [2.75, 3.05) is 0 Å². The summed E-state index contributed by atoms with van der Waals surface area (Å²) >= 11 is 0. The van der Waals surface area contributed by atoms with Gasteiger partial charge in [-0.1, -0.05) is 13.8 Å². The van der Waals surface area contributed by atoms with Crippen molar-refractivity contribution in [3.8, 4) is 0 Å². The van der Waals surface area contributed by atoms with E-state index in [2.05, 4.69) is 0 Å². The zero-order valence-electron chi connectivity index (χ0n) is 10.0. The smallest absolute Gasteiger partial charge is 0.338 e. The molecule has 0 aliphatic heterocycles. The second-order valence-corrected chi connectivity index (χ2v) is 6.72. The zero-order chi connectivity index (χ0) is 13.2. The van der Waals surface area contributed by atoms with E-state index in [4.69, 9.17) is 9.52 Å². The summed E-state index contributed by atoms with van der Waals surface area (Å²) < 4.78 is 28.8. The lowest BCUT2D eigenvalue weighted by molar-refractivity contribution is 0.0696. The molecule has 1 aromatic heterocycles. The molecule has 0 radical (unpaired) electrons. The summed E-state index contributed by atoms with van der Waals surface area (Å²) in [6.45, 7) is 5.29. The van der Waals surface area contributed by atoms with Gasteiger partial charge in [-0.2, -0.15) is 0 Å². The van der Waals surface area contributed by atoms with Crippen LogP contribution in [0.2, 0.25) is 0 Å². The Kier molecular flexibility index (Phi) is 3.98. The second-order valence-electron chi connectivity index (χ2n) is 4.36. The molecule has 0 spiro atoms. The summed E-state index contributed by atoms with van der Waals surface area (Å²) in [6, 6.07) is 1.24. The van der Waals surface area contributed by atoms with Gasteiger partial charge >= 0.3 is 5.97 Å². The van der Waals surface area contributed by atoms with Crippen molar-refractivity contribution in [2.45, 2.75) is 31.8 Å². The molecule has 1 N–H and O–H groups in total. The summed E-state index contributed by atoms with van der Waals surface area (Å²) in [7, 11) is -3.31. The topological polar surface area (TPSA) is 84.6 Å². The molecule has 1 atom stereocenters. The van der Waals surface area contributed by atoms with E-state index in [9.17, 15) is 13.2 Å². The van der Waals surface area contributed by atoms with Crippen molar-refractivity contribution in [2.24, 2.45) is 5.92 Å². The van der Waals surface area contributed by atoms with Gasteiger partial charge in [0, 0.05) is 0 Å². The summed E-state index contributed by atoms with van der Waals surface area (Å²) in [6.07, 6.45) is 1.05. The maximum atomic E-state index is 11.9. The monoisotopic (exact) mass is 260 g/mol. The summed E-state index contributed by atoms with van der Waals surface area (Å²) in [5.74, 6) is -1.22. The maximum absolute atomic E-state index is 11.9. The molecule has 1 heterocycles. The molecule has 1 unspecified atom stereocenters. The third-order valence-corrected chi connectivity index (χ3v) is 5.11. The molecule has 5 nitrogen and oxygen atoms in total.